The first-order chi connectivity index (χ1) is 12.0. The summed E-state index contributed by atoms with van der Waals surface area (Å²) in [6.07, 6.45) is 2.40. The number of rotatable bonds is 8. The molecule has 0 fully saturated rings. The van der Waals surface area contributed by atoms with Crippen molar-refractivity contribution in [2.45, 2.75) is 30.5 Å². The van der Waals surface area contributed by atoms with Gasteiger partial charge in [-0.05, 0) is 30.7 Å². The van der Waals surface area contributed by atoms with Crippen LogP contribution in [-0.2, 0) is 17.1 Å². The Morgan fingerprint density at radius 3 is 2.68 bits per heavy atom. The van der Waals surface area contributed by atoms with Gasteiger partial charge in [0.15, 0.2) is 5.75 Å². The number of benzene rings is 1. The summed E-state index contributed by atoms with van der Waals surface area (Å²) < 4.78 is 19.8. The van der Waals surface area contributed by atoms with Crippen LogP contribution in [0.15, 0.2) is 46.2 Å². The summed E-state index contributed by atoms with van der Waals surface area (Å²) in [5.74, 6) is 0.254. The molecule has 0 saturated carbocycles. The summed E-state index contributed by atoms with van der Waals surface area (Å²) in [4.78, 5) is 24.9. The molecule has 0 unspecified atom stereocenters. The number of nitrogens with zero attached hydrogens (tertiary/aromatic N) is 1. The number of halogens is 1. The second-order valence-corrected chi connectivity index (χ2v) is 6.47. The van der Waals surface area contributed by atoms with Crippen molar-refractivity contribution in [1.29, 1.82) is 0 Å². The number of methoxy groups -OCH3 is 1. The van der Waals surface area contributed by atoms with Crippen molar-refractivity contribution in [2.75, 3.05) is 13.7 Å². The summed E-state index contributed by atoms with van der Waals surface area (Å²) in [6, 6.07) is 7.62. The minimum atomic E-state index is -0.293. The van der Waals surface area contributed by atoms with Gasteiger partial charge < -0.3 is 14.6 Å². The van der Waals surface area contributed by atoms with Gasteiger partial charge in [-0.2, -0.15) is 0 Å². The van der Waals surface area contributed by atoms with Gasteiger partial charge in [0, 0.05) is 29.0 Å². The molecule has 0 radical (unpaired) electrons. The van der Waals surface area contributed by atoms with Crippen LogP contribution in [-0.4, -0.2) is 24.1 Å². The Morgan fingerprint density at radius 2 is 2.04 bits per heavy atom. The van der Waals surface area contributed by atoms with Crippen molar-refractivity contribution in [1.82, 2.24) is 9.88 Å². The number of nitrogens with one attached hydrogen (secondary N) is 1. The van der Waals surface area contributed by atoms with Crippen LogP contribution in [0.2, 0.25) is 0 Å². The number of ether oxygens (including phenoxy) is 1. The zero-order valence-electron chi connectivity index (χ0n) is 14.3. The molecule has 7 heteroatoms. The number of thioether (sulfide) groups is 1. The number of carbonyl (C=O) groups is 1. The lowest BCUT2D eigenvalue weighted by atomic mass is 10.3. The maximum absolute atomic E-state index is 13.0. The number of hydrogen-bond donors (Lipinski definition) is 1. The van der Waals surface area contributed by atoms with Crippen LogP contribution in [0, 0.1) is 5.82 Å². The minimum absolute atomic E-state index is 0.107. The number of carbonyl (C=O) groups excluding carboxylic acids is 1. The van der Waals surface area contributed by atoms with Crippen LogP contribution in [0.4, 0.5) is 4.39 Å². The molecular formula is C18H21FN2O3S. The van der Waals surface area contributed by atoms with Gasteiger partial charge >= 0.3 is 0 Å². The fraction of sp³-hybridized carbons (Fsp3) is 0.333. The Balaban J connectivity index is 2.19. The molecule has 0 aliphatic heterocycles. The number of aromatic nitrogens is 1. The molecule has 0 spiro atoms. The van der Waals surface area contributed by atoms with Crippen LogP contribution in [0.1, 0.15) is 19.0 Å². The summed E-state index contributed by atoms with van der Waals surface area (Å²) in [7, 11) is 1.42. The monoisotopic (exact) mass is 364 g/mol. The Hall–Kier alpha value is -2.28. The average molecular weight is 364 g/mol. The zero-order valence-corrected chi connectivity index (χ0v) is 15.1. The molecule has 2 rings (SSSR count). The highest BCUT2D eigenvalue weighted by molar-refractivity contribution is 7.98. The number of pyridine rings is 1. The predicted octanol–water partition coefficient (Wildman–Crippen LogP) is 2.81. The van der Waals surface area contributed by atoms with E-state index in [-0.39, 0.29) is 29.4 Å². The Labute approximate surface area is 150 Å². The molecular weight excluding hydrogens is 343 g/mol. The van der Waals surface area contributed by atoms with Crippen LogP contribution < -0.4 is 15.5 Å². The molecule has 25 heavy (non-hydrogen) atoms. The standard InChI is InChI=1S/C18H21FN2O3S/c1-3-8-20-18(23)11-21-10-17(24-2)16(22)9-14(21)12-25-15-6-4-13(19)5-7-15/h4-7,9-10H,3,8,11-12H2,1-2H3,(H,20,23). The molecule has 5 nitrogen and oxygen atoms in total. The summed E-state index contributed by atoms with van der Waals surface area (Å²) >= 11 is 1.46. The second-order valence-electron chi connectivity index (χ2n) is 5.42. The summed E-state index contributed by atoms with van der Waals surface area (Å²) in [6.45, 7) is 2.69. The van der Waals surface area contributed by atoms with E-state index in [0.717, 1.165) is 11.3 Å². The highest BCUT2D eigenvalue weighted by atomic mass is 32.2. The molecule has 1 heterocycles. The molecule has 0 saturated heterocycles. The van der Waals surface area contributed by atoms with Crippen molar-refractivity contribution < 1.29 is 13.9 Å². The van der Waals surface area contributed by atoms with Gasteiger partial charge in [0.2, 0.25) is 11.3 Å². The Bertz CT molecular complexity index is 775. The maximum Gasteiger partial charge on any atom is 0.239 e. The van der Waals surface area contributed by atoms with E-state index in [4.69, 9.17) is 4.74 Å². The third-order valence-corrected chi connectivity index (χ3v) is 4.53. The molecule has 0 aliphatic carbocycles. The van der Waals surface area contributed by atoms with E-state index in [0.29, 0.717) is 18.0 Å². The van der Waals surface area contributed by atoms with E-state index in [1.807, 2.05) is 6.92 Å². The summed E-state index contributed by atoms with van der Waals surface area (Å²) in [5, 5.41) is 2.81. The van der Waals surface area contributed by atoms with Gasteiger partial charge in [0.25, 0.3) is 0 Å². The molecule has 1 aromatic heterocycles. The molecule has 134 valence electrons. The maximum atomic E-state index is 13.0. The van der Waals surface area contributed by atoms with E-state index in [2.05, 4.69) is 5.32 Å². The predicted molar refractivity (Wildman–Crippen MR) is 96.5 cm³/mol. The molecule has 0 atom stereocenters. The Morgan fingerprint density at radius 1 is 1.32 bits per heavy atom. The quantitative estimate of drug-likeness (QED) is 0.732. The highest BCUT2D eigenvalue weighted by Crippen LogP contribution is 2.23. The van der Waals surface area contributed by atoms with E-state index in [1.165, 1.54) is 37.1 Å². The first-order valence-electron chi connectivity index (χ1n) is 7.96. The number of hydrogen-bond acceptors (Lipinski definition) is 4. The smallest absolute Gasteiger partial charge is 0.239 e. The lowest BCUT2D eigenvalue weighted by Crippen LogP contribution is -2.29. The molecule has 1 N–H and O–H groups in total. The van der Waals surface area contributed by atoms with Crippen molar-refractivity contribution in [2.24, 2.45) is 0 Å². The lowest BCUT2D eigenvalue weighted by molar-refractivity contribution is -0.121. The normalized spacial score (nSPS) is 10.5. The van der Waals surface area contributed by atoms with Crippen molar-refractivity contribution >= 4 is 17.7 Å². The van der Waals surface area contributed by atoms with Crippen LogP contribution in [0.5, 0.6) is 5.75 Å². The lowest BCUT2D eigenvalue weighted by Gasteiger charge is -2.14. The van der Waals surface area contributed by atoms with Crippen LogP contribution >= 0.6 is 11.8 Å². The Kier molecular flexibility index (Phi) is 7.06. The van der Waals surface area contributed by atoms with Crippen LogP contribution in [0.25, 0.3) is 0 Å². The van der Waals surface area contributed by atoms with Crippen molar-refractivity contribution in [3.8, 4) is 5.75 Å². The van der Waals surface area contributed by atoms with Crippen molar-refractivity contribution in [3.63, 3.8) is 0 Å². The third kappa shape index (κ3) is 5.63. The van der Waals surface area contributed by atoms with Gasteiger partial charge in [-0.3, -0.25) is 9.59 Å². The van der Waals surface area contributed by atoms with E-state index in [1.54, 1.807) is 22.9 Å². The van der Waals surface area contributed by atoms with Gasteiger partial charge in [0.1, 0.15) is 12.4 Å². The number of amides is 1. The second kappa shape index (κ2) is 9.27. The topological polar surface area (TPSA) is 60.3 Å². The fourth-order valence-corrected chi connectivity index (χ4v) is 3.07. The van der Waals surface area contributed by atoms with E-state index >= 15 is 0 Å². The third-order valence-electron chi connectivity index (χ3n) is 3.49. The largest absolute Gasteiger partial charge is 0.491 e. The SMILES string of the molecule is CCCNC(=O)Cn1cc(OC)c(=O)cc1CSc1ccc(F)cc1. The van der Waals surface area contributed by atoms with E-state index in [9.17, 15) is 14.0 Å². The van der Waals surface area contributed by atoms with Gasteiger partial charge in [0.05, 0.1) is 13.3 Å². The minimum Gasteiger partial charge on any atom is -0.491 e. The van der Waals surface area contributed by atoms with Gasteiger partial charge in [-0.1, -0.05) is 6.92 Å². The molecule has 1 amide bonds. The zero-order chi connectivity index (χ0) is 18.2. The first kappa shape index (κ1) is 19.1. The first-order valence-corrected chi connectivity index (χ1v) is 8.94. The van der Waals surface area contributed by atoms with Gasteiger partial charge in [-0.25, -0.2) is 4.39 Å². The van der Waals surface area contributed by atoms with E-state index < -0.39 is 0 Å². The van der Waals surface area contributed by atoms with Gasteiger partial charge in [-0.15, -0.1) is 11.8 Å². The average Bonchev–Trinajstić information content (AvgIpc) is 2.61. The van der Waals surface area contributed by atoms with Crippen molar-refractivity contribution in [3.05, 3.63) is 58.3 Å². The molecule has 1 aromatic carbocycles. The fourth-order valence-electron chi connectivity index (χ4n) is 2.18. The summed E-state index contributed by atoms with van der Waals surface area (Å²) in [5.41, 5.74) is 0.467. The van der Waals surface area contributed by atoms with Crippen LogP contribution in [0.3, 0.4) is 0 Å². The molecule has 0 bridgehead atoms. The molecule has 0 aliphatic rings. The highest BCUT2D eigenvalue weighted by Gasteiger charge is 2.11. The molecule has 2 aromatic rings.